The number of carbonyl (C=O) groups excluding carboxylic acids is 1. The van der Waals surface area contributed by atoms with Crippen molar-refractivity contribution in [2.75, 3.05) is 6.61 Å². The van der Waals surface area contributed by atoms with Crippen molar-refractivity contribution in [3.8, 4) is 0 Å². The minimum Gasteiger partial charge on any atom is -0.396 e. The Labute approximate surface area is 110 Å². The van der Waals surface area contributed by atoms with Crippen LogP contribution in [0.3, 0.4) is 0 Å². The fourth-order valence-electron chi connectivity index (χ4n) is 2.43. The average molecular weight is 257 g/mol. The van der Waals surface area contributed by atoms with Crippen molar-refractivity contribution in [2.45, 2.75) is 77.0 Å². The summed E-state index contributed by atoms with van der Waals surface area (Å²) in [5.41, 5.74) is 0. The van der Waals surface area contributed by atoms with Crippen molar-refractivity contribution in [1.82, 2.24) is 5.32 Å². The maximum absolute atomic E-state index is 12.1. The summed E-state index contributed by atoms with van der Waals surface area (Å²) < 4.78 is 5.87. The lowest BCUT2D eigenvalue weighted by atomic mass is 10.1. The molecule has 0 spiro atoms. The van der Waals surface area contributed by atoms with Gasteiger partial charge in [0, 0.05) is 12.6 Å². The van der Waals surface area contributed by atoms with E-state index in [-0.39, 0.29) is 30.8 Å². The van der Waals surface area contributed by atoms with E-state index in [0.717, 1.165) is 19.3 Å². The van der Waals surface area contributed by atoms with E-state index in [0.29, 0.717) is 12.8 Å². The number of rotatable bonds is 8. The summed E-state index contributed by atoms with van der Waals surface area (Å²) in [7, 11) is 0. The van der Waals surface area contributed by atoms with E-state index < -0.39 is 0 Å². The highest BCUT2D eigenvalue weighted by Gasteiger charge is 2.25. The fraction of sp³-hybridized carbons (Fsp3) is 0.929. The number of hydrogen-bond donors (Lipinski definition) is 2. The van der Waals surface area contributed by atoms with Gasteiger partial charge in [-0.1, -0.05) is 26.7 Å². The Morgan fingerprint density at radius 1 is 1.33 bits per heavy atom. The highest BCUT2D eigenvalue weighted by Crippen LogP contribution is 2.23. The molecule has 0 bridgehead atoms. The zero-order valence-corrected chi connectivity index (χ0v) is 11.7. The Morgan fingerprint density at radius 3 is 2.50 bits per heavy atom. The Bertz CT molecular complexity index is 239. The molecule has 1 aliphatic rings. The third-order valence-electron chi connectivity index (χ3n) is 3.64. The lowest BCUT2D eigenvalue weighted by molar-refractivity contribution is -0.137. The van der Waals surface area contributed by atoms with Crippen molar-refractivity contribution in [3.63, 3.8) is 0 Å². The van der Waals surface area contributed by atoms with Gasteiger partial charge in [-0.05, 0) is 32.1 Å². The van der Waals surface area contributed by atoms with Crippen LogP contribution in [0.4, 0.5) is 0 Å². The molecule has 18 heavy (non-hydrogen) atoms. The molecule has 0 aromatic rings. The van der Waals surface area contributed by atoms with Crippen LogP contribution < -0.4 is 5.32 Å². The molecule has 1 rings (SSSR count). The third kappa shape index (κ3) is 4.94. The van der Waals surface area contributed by atoms with Crippen molar-refractivity contribution in [1.29, 1.82) is 0 Å². The Morgan fingerprint density at radius 2 is 2.00 bits per heavy atom. The Hall–Kier alpha value is -0.610. The number of hydrogen-bond acceptors (Lipinski definition) is 3. The van der Waals surface area contributed by atoms with Crippen LogP contribution in [0.2, 0.25) is 0 Å². The number of nitrogens with one attached hydrogen (secondary N) is 1. The first kappa shape index (κ1) is 15.4. The van der Waals surface area contributed by atoms with Gasteiger partial charge in [0.1, 0.15) is 6.10 Å². The lowest BCUT2D eigenvalue weighted by Crippen LogP contribution is -2.43. The average Bonchev–Trinajstić information content (AvgIpc) is 2.88. The van der Waals surface area contributed by atoms with Gasteiger partial charge in [0.15, 0.2) is 0 Å². The van der Waals surface area contributed by atoms with Crippen LogP contribution in [-0.4, -0.2) is 35.9 Å². The van der Waals surface area contributed by atoms with Crippen LogP contribution in [0.5, 0.6) is 0 Å². The zero-order valence-electron chi connectivity index (χ0n) is 11.7. The number of amides is 1. The van der Waals surface area contributed by atoms with E-state index in [1.165, 1.54) is 12.8 Å². The normalized spacial score (nSPS) is 19.7. The van der Waals surface area contributed by atoms with Crippen LogP contribution in [0.25, 0.3) is 0 Å². The van der Waals surface area contributed by atoms with E-state index >= 15 is 0 Å². The molecule has 0 aliphatic heterocycles. The molecule has 2 unspecified atom stereocenters. The minimum absolute atomic E-state index is 0.0234. The largest absolute Gasteiger partial charge is 0.396 e. The second-order valence-corrected chi connectivity index (χ2v) is 5.07. The van der Waals surface area contributed by atoms with Gasteiger partial charge in [-0.2, -0.15) is 0 Å². The lowest BCUT2D eigenvalue weighted by Gasteiger charge is -2.23. The topological polar surface area (TPSA) is 58.6 Å². The van der Waals surface area contributed by atoms with Crippen LogP contribution >= 0.6 is 0 Å². The summed E-state index contributed by atoms with van der Waals surface area (Å²) in [5.74, 6) is -0.0234. The molecule has 1 aliphatic carbocycles. The molecule has 106 valence electrons. The quantitative estimate of drug-likeness (QED) is 0.699. The first-order valence-corrected chi connectivity index (χ1v) is 7.27. The van der Waals surface area contributed by atoms with Gasteiger partial charge in [0.25, 0.3) is 0 Å². The number of aliphatic hydroxyl groups excluding tert-OH is 1. The smallest absolute Gasteiger partial charge is 0.249 e. The SMILES string of the molecule is CCC(CCO)NC(=O)C(CC)OC1CCCC1. The molecule has 0 heterocycles. The van der Waals surface area contributed by atoms with E-state index in [4.69, 9.17) is 9.84 Å². The predicted octanol–water partition coefficient (Wildman–Crippen LogP) is 2.00. The van der Waals surface area contributed by atoms with E-state index in [2.05, 4.69) is 5.32 Å². The maximum Gasteiger partial charge on any atom is 0.249 e. The summed E-state index contributed by atoms with van der Waals surface area (Å²) >= 11 is 0. The summed E-state index contributed by atoms with van der Waals surface area (Å²) in [4.78, 5) is 12.1. The number of aliphatic hydroxyl groups is 1. The Balaban J connectivity index is 2.39. The summed E-state index contributed by atoms with van der Waals surface area (Å²) in [5, 5.41) is 11.9. The highest BCUT2D eigenvalue weighted by molar-refractivity contribution is 5.81. The fourth-order valence-corrected chi connectivity index (χ4v) is 2.43. The van der Waals surface area contributed by atoms with Crippen molar-refractivity contribution >= 4 is 5.91 Å². The van der Waals surface area contributed by atoms with Gasteiger partial charge in [0.05, 0.1) is 6.10 Å². The van der Waals surface area contributed by atoms with E-state index in [1.807, 2.05) is 13.8 Å². The Kier molecular flexibility index (Phi) is 7.28. The predicted molar refractivity (Wildman–Crippen MR) is 71.3 cm³/mol. The molecular weight excluding hydrogens is 230 g/mol. The second-order valence-electron chi connectivity index (χ2n) is 5.07. The van der Waals surface area contributed by atoms with Crippen LogP contribution in [-0.2, 0) is 9.53 Å². The van der Waals surface area contributed by atoms with E-state index in [1.54, 1.807) is 0 Å². The molecule has 4 nitrogen and oxygen atoms in total. The van der Waals surface area contributed by atoms with Crippen LogP contribution in [0, 0.1) is 0 Å². The van der Waals surface area contributed by atoms with Gasteiger partial charge in [-0.25, -0.2) is 0 Å². The van der Waals surface area contributed by atoms with Crippen molar-refractivity contribution in [3.05, 3.63) is 0 Å². The molecule has 2 atom stereocenters. The minimum atomic E-state index is -0.333. The van der Waals surface area contributed by atoms with Crippen LogP contribution in [0.15, 0.2) is 0 Å². The van der Waals surface area contributed by atoms with Gasteiger partial charge in [0.2, 0.25) is 5.91 Å². The molecule has 0 radical (unpaired) electrons. The molecule has 0 saturated heterocycles. The molecule has 0 aromatic carbocycles. The number of ether oxygens (including phenoxy) is 1. The number of carbonyl (C=O) groups is 1. The zero-order chi connectivity index (χ0) is 13.4. The summed E-state index contributed by atoms with van der Waals surface area (Å²) in [6, 6.07) is 0.0590. The van der Waals surface area contributed by atoms with E-state index in [9.17, 15) is 4.79 Å². The highest BCUT2D eigenvalue weighted by atomic mass is 16.5. The molecule has 1 amide bonds. The molecule has 0 aromatic heterocycles. The molecule has 4 heteroatoms. The standard InChI is InChI=1S/C14H27NO3/c1-3-11(9-10-16)15-14(17)13(4-2)18-12-7-5-6-8-12/h11-13,16H,3-10H2,1-2H3,(H,15,17). The molecule has 1 saturated carbocycles. The monoisotopic (exact) mass is 257 g/mol. The first-order chi connectivity index (χ1) is 8.71. The van der Waals surface area contributed by atoms with Gasteiger partial charge in [-0.15, -0.1) is 0 Å². The van der Waals surface area contributed by atoms with Gasteiger partial charge >= 0.3 is 0 Å². The summed E-state index contributed by atoms with van der Waals surface area (Å²) in [6.45, 7) is 4.10. The molecule has 1 fully saturated rings. The van der Waals surface area contributed by atoms with Gasteiger partial charge < -0.3 is 15.2 Å². The third-order valence-corrected chi connectivity index (χ3v) is 3.64. The van der Waals surface area contributed by atoms with Crippen molar-refractivity contribution < 1.29 is 14.6 Å². The summed E-state index contributed by atoms with van der Waals surface area (Å²) in [6.07, 6.45) is 6.68. The second kappa shape index (κ2) is 8.48. The molecule has 2 N–H and O–H groups in total. The van der Waals surface area contributed by atoms with Gasteiger partial charge in [-0.3, -0.25) is 4.79 Å². The van der Waals surface area contributed by atoms with Crippen molar-refractivity contribution in [2.24, 2.45) is 0 Å². The first-order valence-electron chi connectivity index (χ1n) is 7.27. The van der Waals surface area contributed by atoms with Crippen LogP contribution in [0.1, 0.15) is 58.8 Å². The maximum atomic E-state index is 12.1. The molecular formula is C14H27NO3.